The zero-order valence-electron chi connectivity index (χ0n) is 19.6. The summed E-state index contributed by atoms with van der Waals surface area (Å²) in [6.45, 7) is 4.93. The molecule has 1 unspecified atom stereocenters. The Morgan fingerprint density at radius 3 is 2.43 bits per heavy atom. The second kappa shape index (κ2) is 8.02. The van der Waals surface area contributed by atoms with Crippen molar-refractivity contribution in [3.05, 3.63) is 48.2 Å². The van der Waals surface area contributed by atoms with Gasteiger partial charge >= 0.3 is 0 Å². The normalized spacial score (nSPS) is 23.6. The van der Waals surface area contributed by atoms with Crippen molar-refractivity contribution in [1.29, 1.82) is 5.26 Å². The van der Waals surface area contributed by atoms with Crippen LogP contribution in [0.15, 0.2) is 42.6 Å². The Balaban J connectivity index is 1.26. The van der Waals surface area contributed by atoms with Crippen LogP contribution in [0.2, 0.25) is 0 Å². The number of hydrogen-bond acceptors (Lipinski definition) is 7. The minimum Gasteiger partial charge on any atom is -0.369 e. The summed E-state index contributed by atoms with van der Waals surface area (Å²) in [5, 5.41) is 13.5. The summed E-state index contributed by atoms with van der Waals surface area (Å²) in [6.07, 6.45) is 2.08. The molecule has 35 heavy (non-hydrogen) atoms. The maximum atomic E-state index is 14.0. The number of likely N-dealkylation sites (N-methyl/N-ethyl adjacent to an activating group) is 1. The predicted molar refractivity (Wildman–Crippen MR) is 133 cm³/mol. The van der Waals surface area contributed by atoms with Crippen LogP contribution in [0.3, 0.4) is 0 Å². The van der Waals surface area contributed by atoms with Crippen molar-refractivity contribution in [3.8, 4) is 6.07 Å². The fourth-order valence-electron chi connectivity index (χ4n) is 5.34. The maximum absolute atomic E-state index is 14.0. The Bertz CT molecular complexity index is 1310. The highest BCUT2D eigenvalue weighted by Gasteiger charge is 2.72. The molecule has 3 aliphatic rings. The van der Waals surface area contributed by atoms with E-state index in [1.165, 1.54) is 5.69 Å². The summed E-state index contributed by atoms with van der Waals surface area (Å²) in [4.78, 5) is 15.8. The molecule has 0 radical (unpaired) electrons. The number of nitriles is 1. The van der Waals surface area contributed by atoms with E-state index in [9.17, 15) is 14.0 Å². The molecule has 2 aromatic carbocycles. The first-order valence-corrected chi connectivity index (χ1v) is 12.0. The summed E-state index contributed by atoms with van der Waals surface area (Å²) in [7, 11) is 2.14. The fourth-order valence-corrected chi connectivity index (χ4v) is 5.34. The lowest BCUT2D eigenvalue weighted by molar-refractivity contribution is 0.0711. The molecule has 0 bridgehead atoms. The average Bonchev–Trinajstić information content (AvgIpc) is 3.16. The second-order valence-corrected chi connectivity index (χ2v) is 10.0. The highest BCUT2D eigenvalue weighted by atomic mass is 19.3. The summed E-state index contributed by atoms with van der Waals surface area (Å²) in [5.74, 6) is -2.16. The van der Waals surface area contributed by atoms with Crippen molar-refractivity contribution in [2.75, 3.05) is 61.4 Å². The largest absolute Gasteiger partial charge is 0.369 e. The fraction of sp³-hybridized carbons (Fsp3) is 0.423. The number of rotatable bonds is 4. The van der Waals surface area contributed by atoms with Crippen LogP contribution >= 0.6 is 0 Å². The third-order valence-corrected chi connectivity index (χ3v) is 7.69. The van der Waals surface area contributed by atoms with E-state index in [-0.39, 0.29) is 13.0 Å². The second-order valence-electron chi connectivity index (χ2n) is 10.0. The molecule has 3 heterocycles. The van der Waals surface area contributed by atoms with E-state index in [0.29, 0.717) is 30.0 Å². The quantitative estimate of drug-likeness (QED) is 0.605. The van der Waals surface area contributed by atoms with Crippen molar-refractivity contribution in [3.63, 3.8) is 0 Å². The van der Waals surface area contributed by atoms with Gasteiger partial charge in [-0.1, -0.05) is 0 Å². The van der Waals surface area contributed by atoms with Crippen LogP contribution in [-0.4, -0.2) is 67.1 Å². The van der Waals surface area contributed by atoms with Gasteiger partial charge in [0.05, 0.1) is 28.3 Å². The zero-order valence-corrected chi connectivity index (χ0v) is 19.6. The molecule has 1 saturated carbocycles. The van der Waals surface area contributed by atoms with Gasteiger partial charge in [-0.05, 0) is 49.9 Å². The molecule has 2 saturated heterocycles. The summed E-state index contributed by atoms with van der Waals surface area (Å²) < 4.78 is 28.0. The number of aromatic nitrogens is 2. The maximum Gasteiger partial charge on any atom is 0.256 e. The molecule has 7 nitrogen and oxygen atoms in total. The minimum atomic E-state index is -2.59. The molecule has 3 fully saturated rings. The van der Waals surface area contributed by atoms with E-state index >= 15 is 0 Å². The molecule has 1 atom stereocenters. The number of alkyl halides is 2. The molecular formula is C26H27F2N7. The Labute approximate surface area is 203 Å². The molecule has 180 valence electrons. The topological polar surface area (TPSA) is 71.3 Å². The molecule has 2 aliphatic heterocycles. The molecule has 3 aromatic rings. The van der Waals surface area contributed by atoms with Crippen molar-refractivity contribution in [2.45, 2.75) is 18.8 Å². The van der Waals surface area contributed by atoms with Gasteiger partial charge in [0.2, 0.25) is 5.95 Å². The first kappa shape index (κ1) is 22.0. The summed E-state index contributed by atoms with van der Waals surface area (Å²) >= 11 is 0. The monoisotopic (exact) mass is 475 g/mol. The van der Waals surface area contributed by atoms with E-state index < -0.39 is 11.3 Å². The van der Waals surface area contributed by atoms with Crippen LogP contribution in [0.4, 0.5) is 31.8 Å². The van der Waals surface area contributed by atoms with Gasteiger partial charge in [-0.15, -0.1) is 0 Å². The Morgan fingerprint density at radius 2 is 1.77 bits per heavy atom. The van der Waals surface area contributed by atoms with Crippen molar-refractivity contribution >= 4 is 33.9 Å². The lowest BCUT2D eigenvalue weighted by Gasteiger charge is -2.34. The molecule has 1 spiro atoms. The third kappa shape index (κ3) is 3.92. The number of anilines is 4. The van der Waals surface area contributed by atoms with E-state index in [1.54, 1.807) is 18.3 Å². The van der Waals surface area contributed by atoms with E-state index in [4.69, 9.17) is 4.98 Å². The molecule has 1 N–H and O–H groups in total. The Hall–Kier alpha value is -3.51. The number of fused-ring (bicyclic) bond motifs is 1. The highest BCUT2D eigenvalue weighted by Crippen LogP contribution is 2.65. The van der Waals surface area contributed by atoms with Gasteiger partial charge in [-0.3, -0.25) is 0 Å². The van der Waals surface area contributed by atoms with Crippen molar-refractivity contribution < 1.29 is 8.78 Å². The smallest absolute Gasteiger partial charge is 0.256 e. The molecule has 1 aromatic heterocycles. The lowest BCUT2D eigenvalue weighted by Crippen LogP contribution is -2.44. The van der Waals surface area contributed by atoms with Crippen LogP contribution in [0.25, 0.3) is 10.9 Å². The average molecular weight is 476 g/mol. The third-order valence-electron chi connectivity index (χ3n) is 7.69. The lowest BCUT2D eigenvalue weighted by atomic mass is 10.1. The molecule has 1 aliphatic carbocycles. The van der Waals surface area contributed by atoms with E-state index in [2.05, 4.69) is 45.4 Å². The van der Waals surface area contributed by atoms with Crippen molar-refractivity contribution in [2.24, 2.45) is 5.41 Å². The van der Waals surface area contributed by atoms with E-state index in [0.717, 1.165) is 42.9 Å². The molecule has 0 amide bonds. The Morgan fingerprint density at radius 1 is 1.03 bits per heavy atom. The summed E-state index contributed by atoms with van der Waals surface area (Å²) in [5.41, 5.74) is 2.98. The highest BCUT2D eigenvalue weighted by molar-refractivity contribution is 5.93. The van der Waals surface area contributed by atoms with Gasteiger partial charge in [0, 0.05) is 68.6 Å². The van der Waals surface area contributed by atoms with Crippen molar-refractivity contribution in [1.82, 2.24) is 14.9 Å². The molecule has 6 rings (SSSR count). The number of benzene rings is 2. The van der Waals surface area contributed by atoms with Gasteiger partial charge in [-0.2, -0.15) is 5.26 Å². The van der Waals surface area contributed by atoms with Crippen LogP contribution in [-0.2, 0) is 0 Å². The SMILES string of the molecule is CN1CCN(c2ccc(Nc3ncc4cc(C#N)cc(N5CCC6(C5)CC6(F)F)c4n3)cc2)CC1. The van der Waals surface area contributed by atoms with Gasteiger partial charge in [0.25, 0.3) is 5.92 Å². The number of halogens is 2. The van der Waals surface area contributed by atoms with Crippen LogP contribution < -0.4 is 15.1 Å². The zero-order chi connectivity index (χ0) is 24.2. The van der Waals surface area contributed by atoms with Crippen LogP contribution in [0, 0.1) is 16.7 Å². The van der Waals surface area contributed by atoms with Crippen LogP contribution in [0.5, 0.6) is 0 Å². The number of nitrogens with zero attached hydrogens (tertiary/aromatic N) is 6. The predicted octanol–water partition coefficient (Wildman–Crippen LogP) is 4.23. The number of hydrogen-bond donors (Lipinski definition) is 1. The standard InChI is InChI=1S/C26H27F2N7/c1-33-8-10-34(11-9-33)21-4-2-20(3-5-21)31-24-30-15-19-12-18(14-29)13-22(23(19)32-24)35-7-6-25(17-35)16-26(25,27)28/h2-5,12-13,15H,6-11,16-17H2,1H3,(H,30,31,32). The van der Waals surface area contributed by atoms with Crippen LogP contribution in [0.1, 0.15) is 18.4 Å². The minimum absolute atomic E-state index is 0.0573. The van der Waals surface area contributed by atoms with Gasteiger partial charge in [-0.25, -0.2) is 18.7 Å². The van der Waals surface area contributed by atoms with E-state index in [1.807, 2.05) is 17.0 Å². The number of piperazine rings is 1. The summed E-state index contributed by atoms with van der Waals surface area (Å²) in [6, 6.07) is 13.9. The first-order valence-electron chi connectivity index (χ1n) is 12.0. The number of nitrogens with one attached hydrogen (secondary N) is 1. The molecular weight excluding hydrogens is 448 g/mol. The van der Waals surface area contributed by atoms with Gasteiger partial charge in [0.15, 0.2) is 0 Å². The van der Waals surface area contributed by atoms with Gasteiger partial charge in [0.1, 0.15) is 0 Å². The molecule has 9 heteroatoms. The van der Waals surface area contributed by atoms with Gasteiger partial charge < -0.3 is 20.0 Å². The Kier molecular flexibility index (Phi) is 5.04. The first-order chi connectivity index (χ1) is 16.9.